The molecule has 0 saturated carbocycles. The predicted octanol–water partition coefficient (Wildman–Crippen LogP) is 4.57. The van der Waals surface area contributed by atoms with Crippen LogP contribution < -0.4 is 10.2 Å². The molecule has 0 bridgehead atoms. The molecule has 1 heterocycles. The monoisotopic (exact) mass is 326 g/mol. The molecule has 0 aliphatic heterocycles. The maximum atomic E-state index is 13.8. The van der Waals surface area contributed by atoms with Gasteiger partial charge in [0.05, 0.1) is 0 Å². The van der Waals surface area contributed by atoms with E-state index in [-0.39, 0.29) is 5.69 Å². The summed E-state index contributed by atoms with van der Waals surface area (Å²) >= 11 is 0. The Bertz CT molecular complexity index is 833. The fourth-order valence-electron chi connectivity index (χ4n) is 2.32. The average Bonchev–Trinajstić information content (AvgIpc) is 2.58. The highest BCUT2D eigenvalue weighted by Gasteiger charge is 2.12. The number of benzene rings is 2. The minimum atomic E-state index is -0.677. The van der Waals surface area contributed by atoms with E-state index in [1.807, 2.05) is 42.3 Å². The van der Waals surface area contributed by atoms with Gasteiger partial charge in [-0.05, 0) is 31.2 Å². The van der Waals surface area contributed by atoms with E-state index in [2.05, 4.69) is 15.3 Å². The van der Waals surface area contributed by atoms with Gasteiger partial charge in [0.15, 0.2) is 0 Å². The van der Waals surface area contributed by atoms with Crippen molar-refractivity contribution in [3.8, 4) is 0 Å². The number of nitrogens with zero attached hydrogens (tertiary/aromatic N) is 3. The van der Waals surface area contributed by atoms with E-state index in [4.69, 9.17) is 0 Å². The van der Waals surface area contributed by atoms with Crippen LogP contribution in [-0.2, 0) is 0 Å². The van der Waals surface area contributed by atoms with Crippen LogP contribution in [0.4, 0.5) is 31.8 Å². The maximum absolute atomic E-state index is 13.8. The Balaban J connectivity index is 1.95. The first-order valence-corrected chi connectivity index (χ1v) is 7.40. The summed E-state index contributed by atoms with van der Waals surface area (Å²) in [5, 5.41) is 2.70. The first kappa shape index (κ1) is 15.9. The number of hydrogen-bond acceptors (Lipinski definition) is 4. The van der Waals surface area contributed by atoms with E-state index in [1.165, 1.54) is 18.2 Å². The van der Waals surface area contributed by atoms with Gasteiger partial charge in [-0.25, -0.2) is 18.7 Å². The quantitative estimate of drug-likeness (QED) is 0.762. The van der Waals surface area contributed by atoms with E-state index >= 15 is 0 Å². The Hall–Kier alpha value is -3.02. The maximum Gasteiger partial charge on any atom is 0.149 e. The van der Waals surface area contributed by atoms with Crippen LogP contribution in [0.15, 0.2) is 54.6 Å². The fraction of sp³-hybridized carbons (Fsp3) is 0.111. The molecule has 0 aliphatic carbocycles. The predicted molar refractivity (Wildman–Crippen MR) is 90.9 cm³/mol. The van der Waals surface area contributed by atoms with Crippen molar-refractivity contribution in [3.63, 3.8) is 0 Å². The molecule has 3 aromatic rings. The van der Waals surface area contributed by atoms with Crippen LogP contribution in [-0.4, -0.2) is 17.0 Å². The first-order valence-electron chi connectivity index (χ1n) is 7.40. The Kier molecular flexibility index (Phi) is 4.37. The lowest BCUT2D eigenvalue weighted by molar-refractivity contribution is 0.590. The van der Waals surface area contributed by atoms with E-state index in [0.717, 1.165) is 5.69 Å². The van der Waals surface area contributed by atoms with Crippen molar-refractivity contribution in [2.24, 2.45) is 0 Å². The molecule has 1 aromatic heterocycles. The third kappa shape index (κ3) is 3.32. The lowest BCUT2D eigenvalue weighted by Crippen LogP contribution is -2.13. The van der Waals surface area contributed by atoms with Crippen molar-refractivity contribution in [2.45, 2.75) is 6.92 Å². The largest absolute Gasteiger partial charge is 0.335 e. The number of hydrogen-bond donors (Lipinski definition) is 1. The Morgan fingerprint density at radius 1 is 0.917 bits per heavy atom. The van der Waals surface area contributed by atoms with Gasteiger partial charge in [0.1, 0.15) is 34.8 Å². The lowest BCUT2D eigenvalue weighted by Gasteiger charge is -2.19. The van der Waals surface area contributed by atoms with E-state index < -0.39 is 11.6 Å². The van der Waals surface area contributed by atoms with Gasteiger partial charge in [0.2, 0.25) is 0 Å². The zero-order valence-electron chi connectivity index (χ0n) is 13.3. The number of para-hydroxylation sites is 2. The van der Waals surface area contributed by atoms with Crippen LogP contribution >= 0.6 is 0 Å². The number of aryl methyl sites for hydroxylation is 1. The summed E-state index contributed by atoms with van der Waals surface area (Å²) in [5.41, 5.74) is 0.711. The minimum absolute atomic E-state index is 0.232. The van der Waals surface area contributed by atoms with Gasteiger partial charge in [0.25, 0.3) is 0 Å². The molecule has 0 fully saturated rings. The zero-order valence-corrected chi connectivity index (χ0v) is 13.3. The lowest BCUT2D eigenvalue weighted by atomic mass is 10.3. The Morgan fingerprint density at radius 2 is 1.58 bits per heavy atom. The SMILES string of the molecule is Cc1nc(Nc2c(F)cccc2F)cc(N(C)c2ccccc2)n1. The molecular weight excluding hydrogens is 310 g/mol. The van der Waals surface area contributed by atoms with E-state index in [1.54, 1.807) is 13.0 Å². The van der Waals surface area contributed by atoms with Gasteiger partial charge in [-0.15, -0.1) is 0 Å². The average molecular weight is 326 g/mol. The fourth-order valence-corrected chi connectivity index (χ4v) is 2.32. The number of halogens is 2. The summed E-state index contributed by atoms with van der Waals surface area (Å²) < 4.78 is 27.6. The summed E-state index contributed by atoms with van der Waals surface area (Å²) in [6, 6.07) is 15.0. The van der Waals surface area contributed by atoms with Gasteiger partial charge >= 0.3 is 0 Å². The van der Waals surface area contributed by atoms with E-state index in [0.29, 0.717) is 17.5 Å². The van der Waals surface area contributed by atoms with Crippen LogP contribution in [0.1, 0.15) is 5.82 Å². The van der Waals surface area contributed by atoms with Crippen LogP contribution in [0.25, 0.3) is 0 Å². The number of rotatable bonds is 4. The molecule has 122 valence electrons. The second-order valence-electron chi connectivity index (χ2n) is 5.27. The van der Waals surface area contributed by atoms with Gasteiger partial charge in [-0.2, -0.15) is 0 Å². The highest BCUT2D eigenvalue weighted by Crippen LogP contribution is 2.26. The molecule has 0 unspecified atom stereocenters. The van der Waals surface area contributed by atoms with Gasteiger partial charge in [-0.1, -0.05) is 24.3 Å². The van der Waals surface area contributed by atoms with Gasteiger partial charge in [-0.3, -0.25) is 0 Å². The summed E-state index contributed by atoms with van der Waals surface area (Å²) in [4.78, 5) is 10.5. The molecule has 24 heavy (non-hydrogen) atoms. The molecule has 0 saturated heterocycles. The zero-order chi connectivity index (χ0) is 17.1. The summed E-state index contributed by atoms with van der Waals surface area (Å²) in [5.74, 6) is 0.0835. The molecule has 6 heteroatoms. The third-order valence-corrected chi connectivity index (χ3v) is 3.53. The van der Waals surface area contributed by atoms with E-state index in [9.17, 15) is 8.78 Å². The van der Waals surface area contributed by atoms with Crippen LogP contribution in [0.5, 0.6) is 0 Å². The minimum Gasteiger partial charge on any atom is -0.335 e. The van der Waals surface area contributed by atoms with Crippen molar-refractivity contribution in [3.05, 3.63) is 72.1 Å². The first-order chi connectivity index (χ1) is 11.5. The van der Waals surface area contributed by atoms with Crippen molar-refractivity contribution < 1.29 is 8.78 Å². The topological polar surface area (TPSA) is 41.1 Å². The van der Waals surface area contributed by atoms with Gasteiger partial charge < -0.3 is 10.2 Å². The van der Waals surface area contributed by atoms with Crippen LogP contribution in [0, 0.1) is 18.6 Å². The molecule has 0 atom stereocenters. The molecular formula is C18H16F2N4. The molecule has 0 amide bonds. The van der Waals surface area contributed by atoms with Crippen molar-refractivity contribution in [1.82, 2.24) is 9.97 Å². The van der Waals surface area contributed by atoms with Crippen molar-refractivity contribution >= 4 is 23.0 Å². The second-order valence-corrected chi connectivity index (χ2v) is 5.27. The van der Waals surface area contributed by atoms with Crippen LogP contribution in [0.2, 0.25) is 0 Å². The molecule has 3 rings (SSSR count). The molecule has 0 aliphatic rings. The smallest absolute Gasteiger partial charge is 0.149 e. The molecule has 0 spiro atoms. The number of nitrogens with one attached hydrogen (secondary N) is 1. The molecule has 4 nitrogen and oxygen atoms in total. The molecule has 2 aromatic carbocycles. The van der Waals surface area contributed by atoms with Crippen LogP contribution in [0.3, 0.4) is 0 Å². The Morgan fingerprint density at radius 3 is 2.25 bits per heavy atom. The Labute approximate surface area is 138 Å². The summed E-state index contributed by atoms with van der Waals surface area (Å²) in [7, 11) is 1.87. The summed E-state index contributed by atoms with van der Waals surface area (Å²) in [6.45, 7) is 1.73. The van der Waals surface area contributed by atoms with Crippen molar-refractivity contribution in [2.75, 3.05) is 17.3 Å². The van der Waals surface area contributed by atoms with Gasteiger partial charge in [0, 0.05) is 18.8 Å². The standard InChI is InChI=1S/C18H16F2N4/c1-12-21-16(23-18-14(19)9-6-10-15(18)20)11-17(22-12)24(2)13-7-4-3-5-8-13/h3-11H,1-2H3,(H,21,22,23). The summed E-state index contributed by atoms with van der Waals surface area (Å²) in [6.07, 6.45) is 0. The third-order valence-electron chi connectivity index (χ3n) is 3.53. The highest BCUT2D eigenvalue weighted by atomic mass is 19.1. The molecule has 1 N–H and O–H groups in total. The molecule has 0 radical (unpaired) electrons. The van der Waals surface area contributed by atoms with Crippen molar-refractivity contribution in [1.29, 1.82) is 0 Å². The highest BCUT2D eigenvalue weighted by molar-refractivity contribution is 5.65. The number of aromatic nitrogens is 2. The second kappa shape index (κ2) is 6.62. The number of anilines is 4. The normalized spacial score (nSPS) is 10.5.